The van der Waals surface area contributed by atoms with E-state index >= 15 is 0 Å². The van der Waals surface area contributed by atoms with E-state index in [-0.39, 0.29) is 49.1 Å². The SMILES string of the molecule is O=C(CCNC(=O)c1ccco1)NC1CCCCC1CO. The molecule has 1 saturated carbocycles. The summed E-state index contributed by atoms with van der Waals surface area (Å²) in [6.07, 6.45) is 5.71. The van der Waals surface area contributed by atoms with Crippen LogP contribution < -0.4 is 10.6 Å². The van der Waals surface area contributed by atoms with Crippen molar-refractivity contribution in [3.63, 3.8) is 0 Å². The molecule has 2 unspecified atom stereocenters. The van der Waals surface area contributed by atoms with E-state index in [1.54, 1.807) is 12.1 Å². The average Bonchev–Trinajstić information content (AvgIpc) is 3.02. The zero-order valence-corrected chi connectivity index (χ0v) is 12.0. The molecule has 116 valence electrons. The first kappa shape index (κ1) is 15.6. The van der Waals surface area contributed by atoms with Crippen molar-refractivity contribution < 1.29 is 19.1 Å². The van der Waals surface area contributed by atoms with E-state index in [2.05, 4.69) is 10.6 Å². The number of amides is 2. The van der Waals surface area contributed by atoms with Gasteiger partial charge in [0.2, 0.25) is 5.91 Å². The maximum absolute atomic E-state index is 11.9. The second-order valence-corrected chi connectivity index (χ2v) is 5.38. The molecular weight excluding hydrogens is 272 g/mol. The molecule has 0 saturated heterocycles. The fraction of sp³-hybridized carbons (Fsp3) is 0.600. The lowest BCUT2D eigenvalue weighted by atomic mass is 9.85. The van der Waals surface area contributed by atoms with Gasteiger partial charge in [0.15, 0.2) is 5.76 Å². The molecule has 6 heteroatoms. The number of hydrogen-bond acceptors (Lipinski definition) is 4. The smallest absolute Gasteiger partial charge is 0.286 e. The zero-order chi connectivity index (χ0) is 15.1. The largest absolute Gasteiger partial charge is 0.459 e. The fourth-order valence-corrected chi connectivity index (χ4v) is 2.68. The number of hydrogen-bond donors (Lipinski definition) is 3. The van der Waals surface area contributed by atoms with Gasteiger partial charge in [-0.1, -0.05) is 12.8 Å². The average molecular weight is 294 g/mol. The molecule has 21 heavy (non-hydrogen) atoms. The van der Waals surface area contributed by atoms with Gasteiger partial charge in [-0.15, -0.1) is 0 Å². The van der Waals surface area contributed by atoms with Crippen LogP contribution in [0.3, 0.4) is 0 Å². The predicted octanol–water partition coefficient (Wildman–Crippen LogP) is 1.07. The number of furan rings is 1. The lowest BCUT2D eigenvalue weighted by Crippen LogP contribution is -2.44. The standard InChI is InChI=1S/C15H22N2O4/c18-10-11-4-1-2-5-12(11)17-14(19)7-8-16-15(20)13-6-3-9-21-13/h3,6,9,11-12,18H,1-2,4-5,7-8,10H2,(H,16,20)(H,17,19). The quantitative estimate of drug-likeness (QED) is 0.732. The normalized spacial score (nSPS) is 21.8. The van der Waals surface area contributed by atoms with Gasteiger partial charge in [0.1, 0.15) is 0 Å². The first-order valence-corrected chi connectivity index (χ1v) is 7.42. The lowest BCUT2D eigenvalue weighted by molar-refractivity contribution is -0.122. The van der Waals surface area contributed by atoms with Crippen molar-refractivity contribution in [1.82, 2.24) is 10.6 Å². The number of aliphatic hydroxyl groups is 1. The van der Waals surface area contributed by atoms with Crippen LogP contribution in [0.15, 0.2) is 22.8 Å². The highest BCUT2D eigenvalue weighted by Crippen LogP contribution is 2.23. The Morgan fingerprint density at radius 3 is 2.86 bits per heavy atom. The molecule has 2 rings (SSSR count). The number of aliphatic hydroxyl groups excluding tert-OH is 1. The third-order valence-electron chi connectivity index (χ3n) is 3.87. The zero-order valence-electron chi connectivity index (χ0n) is 12.0. The summed E-state index contributed by atoms with van der Waals surface area (Å²) in [6, 6.07) is 3.26. The summed E-state index contributed by atoms with van der Waals surface area (Å²) in [4.78, 5) is 23.5. The fourth-order valence-electron chi connectivity index (χ4n) is 2.68. The van der Waals surface area contributed by atoms with Crippen LogP contribution in [0, 0.1) is 5.92 Å². The first-order valence-electron chi connectivity index (χ1n) is 7.42. The lowest BCUT2D eigenvalue weighted by Gasteiger charge is -2.30. The van der Waals surface area contributed by atoms with Crippen LogP contribution in [0.25, 0.3) is 0 Å². The van der Waals surface area contributed by atoms with Crippen molar-refractivity contribution in [2.24, 2.45) is 5.92 Å². The molecule has 2 atom stereocenters. The minimum Gasteiger partial charge on any atom is -0.459 e. The monoisotopic (exact) mass is 294 g/mol. The van der Waals surface area contributed by atoms with Crippen molar-refractivity contribution in [2.45, 2.75) is 38.1 Å². The summed E-state index contributed by atoms with van der Waals surface area (Å²) in [6.45, 7) is 0.377. The second-order valence-electron chi connectivity index (χ2n) is 5.38. The summed E-state index contributed by atoms with van der Waals surface area (Å²) >= 11 is 0. The molecule has 0 spiro atoms. The van der Waals surface area contributed by atoms with Gasteiger partial charge in [-0.25, -0.2) is 0 Å². The van der Waals surface area contributed by atoms with Gasteiger partial charge in [-0.3, -0.25) is 9.59 Å². The van der Waals surface area contributed by atoms with E-state index in [9.17, 15) is 14.7 Å². The highest BCUT2D eigenvalue weighted by molar-refractivity contribution is 5.91. The van der Waals surface area contributed by atoms with Crippen molar-refractivity contribution in [3.05, 3.63) is 24.2 Å². The summed E-state index contributed by atoms with van der Waals surface area (Å²) in [5.41, 5.74) is 0. The topological polar surface area (TPSA) is 91.6 Å². The number of nitrogens with one attached hydrogen (secondary N) is 2. The molecule has 2 amide bonds. The Morgan fingerprint density at radius 1 is 1.33 bits per heavy atom. The molecule has 0 bridgehead atoms. The van der Waals surface area contributed by atoms with Gasteiger partial charge < -0.3 is 20.2 Å². The Bertz CT molecular complexity index is 458. The molecule has 1 aliphatic rings. The molecule has 1 aromatic rings. The van der Waals surface area contributed by atoms with Gasteiger partial charge in [0, 0.05) is 31.5 Å². The highest BCUT2D eigenvalue weighted by Gasteiger charge is 2.25. The Kier molecular flexibility index (Phi) is 5.80. The summed E-state index contributed by atoms with van der Waals surface area (Å²) in [7, 11) is 0. The van der Waals surface area contributed by atoms with Crippen LogP contribution in [0.1, 0.15) is 42.7 Å². The Labute approximate surface area is 123 Å². The number of carbonyl (C=O) groups is 2. The van der Waals surface area contributed by atoms with Crippen molar-refractivity contribution in [3.8, 4) is 0 Å². The molecule has 1 aromatic heterocycles. The third kappa shape index (κ3) is 4.60. The van der Waals surface area contributed by atoms with E-state index in [0.717, 1.165) is 25.7 Å². The van der Waals surface area contributed by atoms with E-state index in [0.29, 0.717) is 0 Å². The molecular formula is C15H22N2O4. The van der Waals surface area contributed by atoms with Crippen LogP contribution in [0.2, 0.25) is 0 Å². The van der Waals surface area contributed by atoms with Gasteiger partial charge in [0.25, 0.3) is 5.91 Å². The highest BCUT2D eigenvalue weighted by atomic mass is 16.3. The molecule has 3 N–H and O–H groups in total. The van der Waals surface area contributed by atoms with Crippen LogP contribution >= 0.6 is 0 Å². The minimum absolute atomic E-state index is 0.0528. The van der Waals surface area contributed by atoms with Crippen LogP contribution in [-0.4, -0.2) is 36.1 Å². The van der Waals surface area contributed by atoms with Gasteiger partial charge >= 0.3 is 0 Å². The minimum atomic E-state index is -0.321. The van der Waals surface area contributed by atoms with Crippen molar-refractivity contribution in [1.29, 1.82) is 0 Å². The first-order chi connectivity index (χ1) is 10.2. The molecule has 0 radical (unpaired) electrons. The van der Waals surface area contributed by atoms with Gasteiger partial charge in [-0.05, 0) is 25.0 Å². The molecule has 0 aliphatic heterocycles. The van der Waals surface area contributed by atoms with Gasteiger partial charge in [0.05, 0.1) is 6.26 Å². The Balaban J connectivity index is 1.68. The second kappa shape index (κ2) is 7.83. The number of rotatable bonds is 6. The third-order valence-corrected chi connectivity index (χ3v) is 3.87. The van der Waals surface area contributed by atoms with Crippen LogP contribution in [0.5, 0.6) is 0 Å². The van der Waals surface area contributed by atoms with Crippen molar-refractivity contribution in [2.75, 3.05) is 13.2 Å². The van der Waals surface area contributed by atoms with Gasteiger partial charge in [-0.2, -0.15) is 0 Å². The molecule has 0 aromatic carbocycles. The summed E-state index contributed by atoms with van der Waals surface area (Å²) < 4.78 is 4.96. The van der Waals surface area contributed by atoms with E-state index in [1.165, 1.54) is 6.26 Å². The van der Waals surface area contributed by atoms with Crippen LogP contribution in [-0.2, 0) is 4.79 Å². The van der Waals surface area contributed by atoms with Crippen LogP contribution in [0.4, 0.5) is 0 Å². The molecule has 1 heterocycles. The summed E-state index contributed by atoms with van der Waals surface area (Å²) in [5.74, 6) is -0.0257. The maximum Gasteiger partial charge on any atom is 0.286 e. The summed E-state index contributed by atoms with van der Waals surface area (Å²) in [5, 5.41) is 14.9. The number of carbonyl (C=O) groups excluding carboxylic acids is 2. The Hall–Kier alpha value is -1.82. The molecule has 6 nitrogen and oxygen atoms in total. The maximum atomic E-state index is 11.9. The Morgan fingerprint density at radius 2 is 2.14 bits per heavy atom. The van der Waals surface area contributed by atoms with E-state index < -0.39 is 0 Å². The van der Waals surface area contributed by atoms with E-state index in [4.69, 9.17) is 4.42 Å². The van der Waals surface area contributed by atoms with E-state index in [1.807, 2.05) is 0 Å². The van der Waals surface area contributed by atoms with Crippen molar-refractivity contribution >= 4 is 11.8 Å². The molecule has 1 aliphatic carbocycles. The molecule has 1 fully saturated rings. The predicted molar refractivity (Wildman–Crippen MR) is 76.6 cm³/mol.